The molecule has 134 valence electrons. The number of amides is 1. The zero-order valence-corrected chi connectivity index (χ0v) is 15.6. The summed E-state index contributed by atoms with van der Waals surface area (Å²) in [5.41, 5.74) is 0.506. The maximum atomic E-state index is 12.5. The quantitative estimate of drug-likeness (QED) is 0.856. The van der Waals surface area contributed by atoms with E-state index in [-0.39, 0.29) is 16.8 Å². The lowest BCUT2D eigenvalue weighted by molar-refractivity contribution is 0.0910. The lowest BCUT2D eigenvalue weighted by Gasteiger charge is -2.29. The van der Waals surface area contributed by atoms with Crippen molar-refractivity contribution in [3.8, 4) is 0 Å². The molecule has 0 aromatic heterocycles. The first kappa shape index (κ1) is 18.9. The molecule has 1 amide bonds. The molecule has 0 radical (unpaired) electrons. The predicted molar refractivity (Wildman–Crippen MR) is 95.4 cm³/mol. The minimum Gasteiger partial charge on any atom is -0.349 e. The molecule has 1 aliphatic carbocycles. The van der Waals surface area contributed by atoms with E-state index in [1.165, 1.54) is 22.9 Å². The first-order chi connectivity index (χ1) is 11.4. The second kappa shape index (κ2) is 8.12. The molecule has 1 aromatic carbocycles. The van der Waals surface area contributed by atoms with Gasteiger partial charge in [0.1, 0.15) is 0 Å². The molecule has 1 saturated carbocycles. The zero-order valence-electron chi connectivity index (χ0n) is 14.8. The topological polar surface area (TPSA) is 66.5 Å². The minimum atomic E-state index is -3.48. The van der Waals surface area contributed by atoms with Crippen LogP contribution in [0.1, 0.15) is 56.8 Å². The molecule has 24 heavy (non-hydrogen) atoms. The Balaban J connectivity index is 2.10. The van der Waals surface area contributed by atoms with Crippen LogP contribution in [0.15, 0.2) is 29.2 Å². The number of hydrogen-bond donors (Lipinski definition) is 1. The largest absolute Gasteiger partial charge is 0.349 e. The molecule has 1 N–H and O–H groups in total. The summed E-state index contributed by atoms with van der Waals surface area (Å²) in [5, 5.41) is 3.09. The molecule has 1 fully saturated rings. The van der Waals surface area contributed by atoms with Crippen molar-refractivity contribution in [2.45, 2.75) is 57.4 Å². The van der Waals surface area contributed by atoms with Crippen LogP contribution in [0.2, 0.25) is 0 Å². The molecule has 2 rings (SSSR count). The van der Waals surface area contributed by atoms with E-state index in [0.717, 1.165) is 19.3 Å². The molecule has 0 spiro atoms. The molecule has 1 aromatic rings. The summed E-state index contributed by atoms with van der Waals surface area (Å²) in [6.45, 7) is 6.66. The van der Waals surface area contributed by atoms with E-state index >= 15 is 0 Å². The molecule has 0 saturated heterocycles. The first-order valence-electron chi connectivity index (χ1n) is 8.81. The highest BCUT2D eigenvalue weighted by atomic mass is 32.2. The highest BCUT2D eigenvalue weighted by Gasteiger charge is 2.24. The van der Waals surface area contributed by atoms with Crippen LogP contribution in [0.25, 0.3) is 0 Å². The van der Waals surface area contributed by atoms with Crippen LogP contribution in [-0.2, 0) is 10.0 Å². The van der Waals surface area contributed by atoms with E-state index in [1.54, 1.807) is 12.1 Å². The molecule has 2 unspecified atom stereocenters. The Labute approximate surface area is 145 Å². The second-order valence-electron chi connectivity index (χ2n) is 6.46. The van der Waals surface area contributed by atoms with Gasteiger partial charge in [0.2, 0.25) is 10.0 Å². The fourth-order valence-electron chi connectivity index (χ4n) is 3.27. The van der Waals surface area contributed by atoms with Crippen molar-refractivity contribution in [1.29, 1.82) is 0 Å². The Morgan fingerprint density at radius 3 is 2.25 bits per heavy atom. The summed E-state index contributed by atoms with van der Waals surface area (Å²) >= 11 is 0. The van der Waals surface area contributed by atoms with Gasteiger partial charge in [-0.05, 0) is 43.0 Å². The fraction of sp³-hybridized carbons (Fsp3) is 0.611. The number of benzene rings is 1. The lowest BCUT2D eigenvalue weighted by Crippen LogP contribution is -2.41. The first-order valence-corrected chi connectivity index (χ1v) is 10.2. The van der Waals surface area contributed by atoms with Crippen LogP contribution in [-0.4, -0.2) is 37.8 Å². The summed E-state index contributed by atoms with van der Waals surface area (Å²) in [6.07, 6.45) is 4.54. The Hall–Kier alpha value is -1.40. The number of nitrogens with one attached hydrogen (secondary N) is 1. The maximum Gasteiger partial charge on any atom is 0.251 e. The van der Waals surface area contributed by atoms with Crippen LogP contribution in [0.4, 0.5) is 0 Å². The third kappa shape index (κ3) is 4.16. The minimum absolute atomic E-state index is 0.125. The third-order valence-electron chi connectivity index (χ3n) is 4.89. The molecule has 2 atom stereocenters. The standard InChI is InChI=1S/C18H28N2O3S/c1-4-20(5-2)24(22,23)16-12-10-15(11-13-16)18(21)19-17-9-7-6-8-14(17)3/h10-14,17H,4-9H2,1-3H3,(H,19,21). The van der Waals surface area contributed by atoms with E-state index in [0.29, 0.717) is 24.6 Å². The second-order valence-corrected chi connectivity index (χ2v) is 8.39. The van der Waals surface area contributed by atoms with Gasteiger partial charge in [0.05, 0.1) is 4.90 Å². The molecular formula is C18H28N2O3S. The van der Waals surface area contributed by atoms with Crippen molar-refractivity contribution in [3.05, 3.63) is 29.8 Å². The molecule has 5 nitrogen and oxygen atoms in total. The van der Waals surface area contributed by atoms with Crippen molar-refractivity contribution in [1.82, 2.24) is 9.62 Å². The maximum absolute atomic E-state index is 12.5. The Bertz CT molecular complexity index is 651. The van der Waals surface area contributed by atoms with Crippen LogP contribution in [0, 0.1) is 5.92 Å². The summed E-state index contributed by atoms with van der Waals surface area (Å²) in [4.78, 5) is 12.6. The molecule has 1 aliphatic rings. The van der Waals surface area contributed by atoms with Crippen molar-refractivity contribution in [2.75, 3.05) is 13.1 Å². The number of carbonyl (C=O) groups excluding carboxylic acids is 1. The molecule has 0 aliphatic heterocycles. The van der Waals surface area contributed by atoms with Gasteiger partial charge >= 0.3 is 0 Å². The van der Waals surface area contributed by atoms with E-state index in [2.05, 4.69) is 12.2 Å². The van der Waals surface area contributed by atoms with E-state index in [9.17, 15) is 13.2 Å². The van der Waals surface area contributed by atoms with Gasteiger partial charge in [-0.3, -0.25) is 4.79 Å². The highest BCUT2D eigenvalue weighted by Crippen LogP contribution is 2.24. The normalized spacial score (nSPS) is 21.7. The van der Waals surface area contributed by atoms with Crippen molar-refractivity contribution in [2.24, 2.45) is 5.92 Å². The van der Waals surface area contributed by atoms with Gasteiger partial charge in [0, 0.05) is 24.7 Å². The number of carbonyl (C=O) groups is 1. The van der Waals surface area contributed by atoms with Gasteiger partial charge in [-0.1, -0.05) is 33.6 Å². The Morgan fingerprint density at radius 1 is 1.12 bits per heavy atom. The van der Waals surface area contributed by atoms with Gasteiger partial charge in [0.25, 0.3) is 5.91 Å². The monoisotopic (exact) mass is 352 g/mol. The molecular weight excluding hydrogens is 324 g/mol. The van der Waals surface area contributed by atoms with Crippen LogP contribution >= 0.6 is 0 Å². The number of nitrogens with zero attached hydrogens (tertiary/aromatic N) is 1. The van der Waals surface area contributed by atoms with Gasteiger partial charge in [0.15, 0.2) is 0 Å². The Kier molecular flexibility index (Phi) is 6.40. The van der Waals surface area contributed by atoms with E-state index in [1.807, 2.05) is 13.8 Å². The van der Waals surface area contributed by atoms with Crippen molar-refractivity contribution in [3.63, 3.8) is 0 Å². The van der Waals surface area contributed by atoms with Crippen LogP contribution < -0.4 is 5.32 Å². The highest BCUT2D eigenvalue weighted by molar-refractivity contribution is 7.89. The van der Waals surface area contributed by atoms with Crippen molar-refractivity contribution < 1.29 is 13.2 Å². The van der Waals surface area contributed by atoms with Crippen molar-refractivity contribution >= 4 is 15.9 Å². The Morgan fingerprint density at radius 2 is 1.71 bits per heavy atom. The number of rotatable bonds is 6. The smallest absolute Gasteiger partial charge is 0.251 e. The average molecular weight is 353 g/mol. The van der Waals surface area contributed by atoms with Gasteiger partial charge in [-0.25, -0.2) is 8.42 Å². The third-order valence-corrected chi connectivity index (χ3v) is 6.95. The summed E-state index contributed by atoms with van der Waals surface area (Å²) in [7, 11) is -3.48. The lowest BCUT2D eigenvalue weighted by atomic mass is 9.86. The van der Waals surface area contributed by atoms with Crippen LogP contribution in [0.5, 0.6) is 0 Å². The zero-order chi connectivity index (χ0) is 17.7. The van der Waals surface area contributed by atoms with Gasteiger partial charge in [-0.15, -0.1) is 0 Å². The molecule has 0 heterocycles. The summed E-state index contributed by atoms with van der Waals surface area (Å²) in [5.74, 6) is 0.366. The SMILES string of the molecule is CCN(CC)S(=O)(=O)c1ccc(C(=O)NC2CCCCC2C)cc1. The van der Waals surface area contributed by atoms with E-state index in [4.69, 9.17) is 0 Å². The average Bonchev–Trinajstić information content (AvgIpc) is 2.58. The molecule has 6 heteroatoms. The number of hydrogen-bond acceptors (Lipinski definition) is 3. The summed E-state index contributed by atoms with van der Waals surface area (Å²) < 4.78 is 26.3. The van der Waals surface area contributed by atoms with Gasteiger partial charge < -0.3 is 5.32 Å². The number of sulfonamides is 1. The van der Waals surface area contributed by atoms with Crippen LogP contribution in [0.3, 0.4) is 0 Å². The predicted octanol–water partition coefficient (Wildman–Crippen LogP) is 3.03. The fourth-order valence-corrected chi connectivity index (χ4v) is 4.73. The summed E-state index contributed by atoms with van der Waals surface area (Å²) in [6, 6.07) is 6.45. The molecule has 0 bridgehead atoms. The van der Waals surface area contributed by atoms with Gasteiger partial charge in [-0.2, -0.15) is 4.31 Å². The van der Waals surface area contributed by atoms with E-state index < -0.39 is 10.0 Å².